The Labute approximate surface area is 110 Å². The molecule has 0 radical (unpaired) electrons. The maximum absolute atomic E-state index is 10.2. The molecule has 3 rings (SSSR count). The van der Waals surface area contributed by atoms with Crippen molar-refractivity contribution in [2.45, 2.75) is 18.6 Å². The van der Waals surface area contributed by atoms with Gasteiger partial charge in [-0.25, -0.2) is 0 Å². The molecule has 0 saturated heterocycles. The van der Waals surface area contributed by atoms with Gasteiger partial charge in [0.1, 0.15) is 11.9 Å². The lowest BCUT2D eigenvalue weighted by atomic mass is 9.94. The zero-order valence-electron chi connectivity index (χ0n) is 10.2. The van der Waals surface area contributed by atoms with E-state index in [1.165, 1.54) is 12.1 Å². The lowest BCUT2D eigenvalue weighted by Gasteiger charge is -2.30. The van der Waals surface area contributed by atoms with Crippen LogP contribution < -0.4 is 4.74 Å². The average Bonchev–Trinajstić information content (AvgIpc) is 2.41. The molecule has 4 heteroatoms. The number of phenolic OH excluding ortho intramolecular Hbond substituents is 2. The molecule has 0 fully saturated rings. The van der Waals surface area contributed by atoms with Crippen molar-refractivity contribution in [2.24, 2.45) is 0 Å². The molecule has 0 aliphatic carbocycles. The van der Waals surface area contributed by atoms with Gasteiger partial charge in [-0.1, -0.05) is 24.3 Å². The van der Waals surface area contributed by atoms with E-state index in [1.54, 1.807) is 6.07 Å². The fourth-order valence-electron chi connectivity index (χ4n) is 2.34. The van der Waals surface area contributed by atoms with Crippen LogP contribution in [0.5, 0.6) is 17.2 Å². The molecule has 2 atom stereocenters. The van der Waals surface area contributed by atoms with Crippen LogP contribution in [0.3, 0.4) is 0 Å². The van der Waals surface area contributed by atoms with Gasteiger partial charge in [0.25, 0.3) is 0 Å². The smallest absolute Gasteiger partial charge is 0.157 e. The molecule has 4 nitrogen and oxygen atoms in total. The fourth-order valence-corrected chi connectivity index (χ4v) is 2.34. The van der Waals surface area contributed by atoms with Crippen molar-refractivity contribution < 1.29 is 20.1 Å². The molecule has 98 valence electrons. The van der Waals surface area contributed by atoms with Crippen molar-refractivity contribution in [1.29, 1.82) is 0 Å². The zero-order valence-corrected chi connectivity index (χ0v) is 10.2. The van der Waals surface area contributed by atoms with E-state index >= 15 is 0 Å². The van der Waals surface area contributed by atoms with Crippen molar-refractivity contribution in [1.82, 2.24) is 0 Å². The predicted octanol–water partition coefficient (Wildman–Crippen LogP) is 2.13. The first-order valence-corrected chi connectivity index (χ1v) is 6.09. The molecule has 0 bridgehead atoms. The highest BCUT2D eigenvalue weighted by Gasteiger charge is 2.30. The molecule has 0 unspecified atom stereocenters. The standard InChI is InChI=1S/C15H14O4/c16-11-6-5-10(8-12(11)17)15-13(18)7-9-3-1-2-4-14(9)19-15/h1-6,8,13,15-18H,7H2/t13-,15-/m0/s1. The lowest BCUT2D eigenvalue weighted by Crippen LogP contribution is -2.30. The zero-order chi connectivity index (χ0) is 13.4. The van der Waals surface area contributed by atoms with Gasteiger partial charge in [0.15, 0.2) is 11.5 Å². The Morgan fingerprint density at radius 1 is 1.00 bits per heavy atom. The molecule has 0 saturated carbocycles. The summed E-state index contributed by atoms with van der Waals surface area (Å²) in [6.07, 6.45) is -0.720. The van der Waals surface area contributed by atoms with E-state index in [9.17, 15) is 15.3 Å². The van der Waals surface area contributed by atoms with E-state index in [4.69, 9.17) is 4.74 Å². The summed E-state index contributed by atoms with van der Waals surface area (Å²) in [5, 5.41) is 29.0. The second-order valence-electron chi connectivity index (χ2n) is 4.67. The van der Waals surface area contributed by atoms with E-state index in [1.807, 2.05) is 24.3 Å². The lowest BCUT2D eigenvalue weighted by molar-refractivity contribution is 0.0207. The molecule has 0 aromatic heterocycles. The van der Waals surface area contributed by atoms with Crippen molar-refractivity contribution in [3.63, 3.8) is 0 Å². The van der Waals surface area contributed by atoms with Crippen LogP contribution in [0.1, 0.15) is 17.2 Å². The van der Waals surface area contributed by atoms with Gasteiger partial charge in [0, 0.05) is 6.42 Å². The van der Waals surface area contributed by atoms with Crippen LogP contribution >= 0.6 is 0 Å². The number of para-hydroxylation sites is 1. The van der Waals surface area contributed by atoms with Crippen molar-refractivity contribution in [3.8, 4) is 17.2 Å². The Hall–Kier alpha value is -2.20. The highest BCUT2D eigenvalue weighted by atomic mass is 16.5. The number of aromatic hydroxyl groups is 2. The van der Waals surface area contributed by atoms with Gasteiger partial charge < -0.3 is 20.1 Å². The minimum atomic E-state index is -0.682. The maximum Gasteiger partial charge on any atom is 0.157 e. The van der Waals surface area contributed by atoms with E-state index in [0.717, 1.165) is 11.3 Å². The molecule has 1 aliphatic rings. The van der Waals surface area contributed by atoms with Gasteiger partial charge in [-0.2, -0.15) is 0 Å². The highest BCUT2D eigenvalue weighted by Crippen LogP contribution is 2.37. The van der Waals surface area contributed by atoms with E-state index in [-0.39, 0.29) is 11.5 Å². The van der Waals surface area contributed by atoms with Gasteiger partial charge in [0.05, 0.1) is 6.10 Å². The number of hydrogen-bond donors (Lipinski definition) is 3. The Kier molecular flexibility index (Phi) is 2.80. The molecule has 0 amide bonds. The molecular weight excluding hydrogens is 244 g/mol. The first-order chi connectivity index (χ1) is 9.15. The molecule has 3 N–H and O–H groups in total. The molecule has 2 aromatic rings. The van der Waals surface area contributed by atoms with E-state index in [2.05, 4.69) is 0 Å². The first kappa shape index (κ1) is 11.9. The van der Waals surface area contributed by atoms with Gasteiger partial charge in [0.2, 0.25) is 0 Å². The quantitative estimate of drug-likeness (QED) is 0.685. The monoisotopic (exact) mass is 258 g/mol. The summed E-state index contributed by atoms with van der Waals surface area (Å²) >= 11 is 0. The summed E-state index contributed by atoms with van der Waals surface area (Å²) in [6, 6.07) is 12.0. The SMILES string of the molecule is Oc1ccc([C@@H]2Oc3ccccc3C[C@@H]2O)cc1O. The number of rotatable bonds is 1. The minimum Gasteiger partial charge on any atom is -0.504 e. The number of hydrogen-bond acceptors (Lipinski definition) is 4. The first-order valence-electron chi connectivity index (χ1n) is 6.09. The molecule has 2 aromatic carbocycles. The number of aliphatic hydroxyl groups is 1. The molecule has 1 heterocycles. The summed E-state index contributed by atoms with van der Waals surface area (Å²) in [7, 11) is 0. The summed E-state index contributed by atoms with van der Waals surface area (Å²) < 4.78 is 5.78. The summed E-state index contributed by atoms with van der Waals surface area (Å²) in [6.45, 7) is 0. The third kappa shape index (κ3) is 2.11. The van der Waals surface area contributed by atoms with Crippen molar-refractivity contribution in [3.05, 3.63) is 53.6 Å². The van der Waals surface area contributed by atoms with Crippen LogP contribution in [-0.4, -0.2) is 21.4 Å². The Morgan fingerprint density at radius 2 is 1.79 bits per heavy atom. The van der Waals surface area contributed by atoms with Crippen LogP contribution in [0.25, 0.3) is 0 Å². The number of fused-ring (bicyclic) bond motifs is 1. The Bertz CT molecular complexity index is 609. The number of aliphatic hydroxyl groups excluding tert-OH is 1. The third-order valence-electron chi connectivity index (χ3n) is 3.33. The molecular formula is C15H14O4. The molecule has 1 aliphatic heterocycles. The van der Waals surface area contributed by atoms with Crippen LogP contribution in [0.4, 0.5) is 0 Å². The summed E-state index contributed by atoms with van der Waals surface area (Å²) in [4.78, 5) is 0. The largest absolute Gasteiger partial charge is 0.504 e. The number of benzene rings is 2. The second-order valence-corrected chi connectivity index (χ2v) is 4.67. The van der Waals surface area contributed by atoms with Gasteiger partial charge in [-0.3, -0.25) is 0 Å². The van der Waals surface area contributed by atoms with Crippen LogP contribution in [0, 0.1) is 0 Å². The van der Waals surface area contributed by atoms with Crippen molar-refractivity contribution >= 4 is 0 Å². The summed E-state index contributed by atoms with van der Waals surface area (Å²) in [5.41, 5.74) is 1.60. The number of phenols is 2. The Morgan fingerprint density at radius 3 is 2.58 bits per heavy atom. The van der Waals surface area contributed by atoms with E-state index < -0.39 is 12.2 Å². The van der Waals surface area contributed by atoms with Crippen LogP contribution in [-0.2, 0) is 6.42 Å². The predicted molar refractivity (Wildman–Crippen MR) is 69.3 cm³/mol. The third-order valence-corrected chi connectivity index (χ3v) is 3.33. The van der Waals surface area contributed by atoms with Gasteiger partial charge in [-0.15, -0.1) is 0 Å². The van der Waals surface area contributed by atoms with Gasteiger partial charge in [-0.05, 0) is 29.3 Å². The van der Waals surface area contributed by atoms with Crippen LogP contribution in [0.15, 0.2) is 42.5 Å². The highest BCUT2D eigenvalue weighted by molar-refractivity contribution is 5.43. The van der Waals surface area contributed by atoms with Crippen LogP contribution in [0.2, 0.25) is 0 Å². The second kappa shape index (κ2) is 4.48. The minimum absolute atomic E-state index is 0.186. The molecule has 0 spiro atoms. The normalized spacial score (nSPS) is 21.5. The topological polar surface area (TPSA) is 69.9 Å². The van der Waals surface area contributed by atoms with Crippen molar-refractivity contribution in [2.75, 3.05) is 0 Å². The molecule has 19 heavy (non-hydrogen) atoms. The van der Waals surface area contributed by atoms with E-state index in [0.29, 0.717) is 12.0 Å². The maximum atomic E-state index is 10.2. The van der Waals surface area contributed by atoms with Gasteiger partial charge >= 0.3 is 0 Å². The fraction of sp³-hybridized carbons (Fsp3) is 0.200. The number of ether oxygens (including phenoxy) is 1. The Balaban J connectivity index is 1.96. The summed E-state index contributed by atoms with van der Waals surface area (Å²) in [5.74, 6) is 0.340. The average molecular weight is 258 g/mol.